The molecule has 0 saturated carbocycles. The number of hydrogen-bond acceptors (Lipinski definition) is 5. The number of carbonyl (C=O) groups excluding carboxylic acids is 1. The van der Waals surface area contributed by atoms with Gasteiger partial charge in [-0.1, -0.05) is 0 Å². The van der Waals surface area contributed by atoms with Crippen molar-refractivity contribution in [2.24, 2.45) is 0 Å². The third kappa shape index (κ3) is 3.98. The summed E-state index contributed by atoms with van der Waals surface area (Å²) in [5.74, 6) is -0.443. The van der Waals surface area contributed by atoms with E-state index in [0.717, 1.165) is 42.9 Å². The number of hydrogen-bond donors (Lipinski definition) is 1. The van der Waals surface area contributed by atoms with Gasteiger partial charge in [0, 0.05) is 36.1 Å². The van der Waals surface area contributed by atoms with Gasteiger partial charge in [-0.2, -0.15) is 5.26 Å². The standard InChI is InChI=1S/C18H20N4O2S/c1-12-8-14(13(2)22(12)11-16-4-3-6-24-16)9-15(10-19)17(23)21-18-20-5-7-25-18/h5,7-9,16H,3-4,6,11H2,1-2H3,(H,20,21,23)/b15-9+/t16-/m0/s1. The summed E-state index contributed by atoms with van der Waals surface area (Å²) in [5.41, 5.74) is 3.06. The molecule has 3 rings (SSSR count). The number of nitriles is 1. The fourth-order valence-electron chi connectivity index (χ4n) is 3.00. The van der Waals surface area contributed by atoms with Crippen LogP contribution in [0.3, 0.4) is 0 Å². The zero-order valence-corrected chi connectivity index (χ0v) is 15.1. The Morgan fingerprint density at radius 3 is 3.08 bits per heavy atom. The predicted octanol–water partition coefficient (Wildman–Crippen LogP) is 3.29. The Bertz CT molecular complexity index is 824. The largest absolute Gasteiger partial charge is 0.376 e. The van der Waals surface area contributed by atoms with Gasteiger partial charge in [-0.15, -0.1) is 11.3 Å². The Hall–Kier alpha value is -2.43. The highest BCUT2D eigenvalue weighted by Crippen LogP contribution is 2.22. The summed E-state index contributed by atoms with van der Waals surface area (Å²) in [6.07, 6.45) is 5.66. The Kier molecular flexibility index (Phi) is 5.31. The van der Waals surface area contributed by atoms with Crippen LogP contribution in [0.1, 0.15) is 29.8 Å². The van der Waals surface area contributed by atoms with Crippen molar-refractivity contribution in [3.63, 3.8) is 0 Å². The molecular formula is C18H20N4O2S. The number of anilines is 1. The van der Waals surface area contributed by atoms with Gasteiger partial charge in [-0.25, -0.2) is 4.98 Å². The lowest BCUT2D eigenvalue weighted by molar-refractivity contribution is -0.112. The Labute approximate surface area is 150 Å². The third-order valence-electron chi connectivity index (χ3n) is 4.34. The molecule has 2 aromatic rings. The summed E-state index contributed by atoms with van der Waals surface area (Å²) >= 11 is 1.32. The first kappa shape index (κ1) is 17.4. The van der Waals surface area contributed by atoms with Crippen LogP contribution in [-0.2, 0) is 16.1 Å². The molecule has 0 unspecified atom stereocenters. The molecule has 6 nitrogen and oxygen atoms in total. The topological polar surface area (TPSA) is 79.9 Å². The monoisotopic (exact) mass is 356 g/mol. The molecule has 1 aliphatic heterocycles. The summed E-state index contributed by atoms with van der Waals surface area (Å²) < 4.78 is 7.91. The zero-order valence-electron chi connectivity index (χ0n) is 14.3. The van der Waals surface area contributed by atoms with Crippen LogP contribution < -0.4 is 5.32 Å². The average Bonchev–Trinajstić information content (AvgIpc) is 3.32. The van der Waals surface area contributed by atoms with Crippen LogP contribution in [0.25, 0.3) is 6.08 Å². The van der Waals surface area contributed by atoms with Crippen molar-refractivity contribution in [1.29, 1.82) is 5.26 Å². The fraction of sp³-hybridized carbons (Fsp3) is 0.389. The van der Waals surface area contributed by atoms with Gasteiger partial charge in [0.15, 0.2) is 5.13 Å². The maximum absolute atomic E-state index is 12.3. The highest BCUT2D eigenvalue weighted by molar-refractivity contribution is 7.13. The highest BCUT2D eigenvalue weighted by Gasteiger charge is 2.19. The van der Waals surface area contributed by atoms with Gasteiger partial charge >= 0.3 is 0 Å². The van der Waals surface area contributed by atoms with E-state index in [-0.39, 0.29) is 11.7 Å². The molecule has 7 heteroatoms. The predicted molar refractivity (Wildman–Crippen MR) is 97.2 cm³/mol. The number of amides is 1. The van der Waals surface area contributed by atoms with Crippen molar-refractivity contribution in [2.75, 3.05) is 11.9 Å². The number of nitrogens with zero attached hydrogens (tertiary/aromatic N) is 3. The van der Waals surface area contributed by atoms with Crippen molar-refractivity contribution in [3.8, 4) is 6.07 Å². The maximum Gasteiger partial charge on any atom is 0.268 e. The molecule has 0 radical (unpaired) electrons. The smallest absolute Gasteiger partial charge is 0.268 e. The molecule has 1 aliphatic rings. The zero-order chi connectivity index (χ0) is 17.8. The van der Waals surface area contributed by atoms with Gasteiger partial charge in [-0.3, -0.25) is 10.1 Å². The van der Waals surface area contributed by atoms with E-state index in [1.54, 1.807) is 17.7 Å². The van der Waals surface area contributed by atoms with Gasteiger partial charge < -0.3 is 9.30 Å². The average molecular weight is 356 g/mol. The van der Waals surface area contributed by atoms with E-state index >= 15 is 0 Å². The minimum atomic E-state index is -0.443. The second-order valence-electron chi connectivity index (χ2n) is 6.03. The molecule has 0 spiro atoms. The quantitative estimate of drug-likeness (QED) is 0.658. The fourth-order valence-corrected chi connectivity index (χ4v) is 3.52. The van der Waals surface area contributed by atoms with Crippen LogP contribution in [0.4, 0.5) is 5.13 Å². The van der Waals surface area contributed by atoms with E-state index in [0.29, 0.717) is 5.13 Å². The summed E-state index contributed by atoms with van der Waals surface area (Å²) in [5, 5.41) is 14.3. The molecule has 0 bridgehead atoms. The molecule has 1 saturated heterocycles. The van der Waals surface area contributed by atoms with E-state index in [9.17, 15) is 10.1 Å². The maximum atomic E-state index is 12.3. The molecule has 1 fully saturated rings. The van der Waals surface area contributed by atoms with Crippen LogP contribution in [-0.4, -0.2) is 28.2 Å². The first-order chi connectivity index (χ1) is 12.1. The second-order valence-corrected chi connectivity index (χ2v) is 6.93. The number of ether oxygens (including phenoxy) is 1. The number of thiazole rings is 1. The van der Waals surface area contributed by atoms with E-state index in [2.05, 4.69) is 14.9 Å². The molecular weight excluding hydrogens is 336 g/mol. The summed E-state index contributed by atoms with van der Waals surface area (Å²) in [4.78, 5) is 16.3. The molecule has 1 N–H and O–H groups in total. The molecule has 130 valence electrons. The van der Waals surface area contributed by atoms with E-state index in [4.69, 9.17) is 4.74 Å². The molecule has 2 aromatic heterocycles. The first-order valence-electron chi connectivity index (χ1n) is 8.19. The molecule has 0 aromatic carbocycles. The van der Waals surface area contributed by atoms with E-state index in [1.807, 2.05) is 26.0 Å². The lowest BCUT2D eigenvalue weighted by Crippen LogP contribution is -2.17. The Morgan fingerprint density at radius 1 is 1.60 bits per heavy atom. The van der Waals surface area contributed by atoms with Crippen molar-refractivity contribution < 1.29 is 9.53 Å². The van der Waals surface area contributed by atoms with Gasteiger partial charge in [0.25, 0.3) is 5.91 Å². The van der Waals surface area contributed by atoms with Crippen LogP contribution in [0.2, 0.25) is 0 Å². The molecule has 3 heterocycles. The Morgan fingerprint density at radius 2 is 2.44 bits per heavy atom. The van der Waals surface area contributed by atoms with Crippen LogP contribution in [0.15, 0.2) is 23.2 Å². The van der Waals surface area contributed by atoms with E-state index < -0.39 is 5.91 Å². The molecule has 0 aliphatic carbocycles. The normalized spacial score (nSPS) is 17.5. The number of aryl methyl sites for hydroxylation is 1. The summed E-state index contributed by atoms with van der Waals surface area (Å²) in [6, 6.07) is 3.98. The summed E-state index contributed by atoms with van der Waals surface area (Å²) in [6.45, 7) is 5.66. The third-order valence-corrected chi connectivity index (χ3v) is 5.03. The highest BCUT2D eigenvalue weighted by atomic mass is 32.1. The molecule has 1 atom stereocenters. The lowest BCUT2D eigenvalue weighted by Gasteiger charge is -2.14. The van der Waals surface area contributed by atoms with Crippen LogP contribution >= 0.6 is 11.3 Å². The molecule has 25 heavy (non-hydrogen) atoms. The molecule has 1 amide bonds. The van der Waals surface area contributed by atoms with Gasteiger partial charge in [0.2, 0.25) is 0 Å². The van der Waals surface area contributed by atoms with Gasteiger partial charge in [0.1, 0.15) is 11.6 Å². The van der Waals surface area contributed by atoms with Crippen molar-refractivity contribution in [1.82, 2.24) is 9.55 Å². The van der Waals surface area contributed by atoms with Crippen LogP contribution in [0.5, 0.6) is 0 Å². The van der Waals surface area contributed by atoms with Gasteiger partial charge in [0.05, 0.1) is 6.10 Å². The SMILES string of the molecule is Cc1cc(/C=C(\C#N)C(=O)Nc2nccs2)c(C)n1C[C@@H]1CCCO1. The van der Waals surface area contributed by atoms with Crippen molar-refractivity contribution >= 4 is 28.5 Å². The van der Waals surface area contributed by atoms with Crippen molar-refractivity contribution in [2.45, 2.75) is 39.3 Å². The minimum absolute atomic E-state index is 0.0626. The number of rotatable bonds is 5. The Balaban J connectivity index is 1.81. The lowest BCUT2D eigenvalue weighted by atomic mass is 10.1. The van der Waals surface area contributed by atoms with E-state index in [1.165, 1.54) is 11.3 Å². The first-order valence-corrected chi connectivity index (χ1v) is 9.07. The van der Waals surface area contributed by atoms with Crippen LogP contribution in [0, 0.1) is 25.2 Å². The van der Waals surface area contributed by atoms with Crippen molar-refractivity contribution in [3.05, 3.63) is 40.2 Å². The second kappa shape index (κ2) is 7.64. The minimum Gasteiger partial charge on any atom is -0.376 e. The van der Waals surface area contributed by atoms with Gasteiger partial charge in [-0.05, 0) is 44.4 Å². The number of aromatic nitrogens is 2. The number of carbonyl (C=O) groups is 1. The number of nitrogens with one attached hydrogen (secondary N) is 1. The summed E-state index contributed by atoms with van der Waals surface area (Å²) in [7, 11) is 0.